The second kappa shape index (κ2) is 6.72. The topological polar surface area (TPSA) is 25.2 Å². The minimum atomic E-state index is -0.192. The first-order valence-electron chi connectivity index (χ1n) is 9.57. The summed E-state index contributed by atoms with van der Waals surface area (Å²) in [5.41, 5.74) is 5.74. The van der Waals surface area contributed by atoms with E-state index in [1.165, 1.54) is 22.9 Å². The summed E-state index contributed by atoms with van der Waals surface area (Å²) < 4.78 is 13.8. The van der Waals surface area contributed by atoms with Gasteiger partial charge in [0.15, 0.2) is 0 Å². The predicted molar refractivity (Wildman–Crippen MR) is 109 cm³/mol. The number of hydrogen-bond acceptors (Lipinski definition) is 2. The van der Waals surface area contributed by atoms with Crippen molar-refractivity contribution < 1.29 is 4.39 Å². The lowest BCUT2D eigenvalue weighted by Gasteiger charge is -2.29. The standard InChI is InChI=1S/C23H20ClFN2/c24-17-6-5-16-11-22(27-23(16)12-17)15-3-1-14(2-4-15)19-9-10-26-21-8-7-18(25)13-20(19)21/h5-10,12-15H,1-4,11H2. The summed E-state index contributed by atoms with van der Waals surface area (Å²) in [6.07, 6.45) is 7.27. The van der Waals surface area contributed by atoms with Crippen LogP contribution in [0.4, 0.5) is 10.1 Å². The highest BCUT2D eigenvalue weighted by Gasteiger charge is 2.29. The number of nitrogens with zero attached hydrogens (tertiary/aromatic N) is 2. The molecule has 3 aromatic rings. The molecular weight excluding hydrogens is 359 g/mol. The molecule has 0 atom stereocenters. The van der Waals surface area contributed by atoms with Gasteiger partial charge >= 0.3 is 0 Å². The summed E-state index contributed by atoms with van der Waals surface area (Å²) >= 11 is 6.10. The molecule has 0 N–H and O–H groups in total. The number of benzene rings is 2. The summed E-state index contributed by atoms with van der Waals surface area (Å²) in [5.74, 6) is 0.812. The SMILES string of the molecule is Fc1ccc2nccc(C3CCC(C4=Nc5cc(Cl)ccc5C4)CC3)c2c1. The van der Waals surface area contributed by atoms with E-state index in [1.807, 2.05) is 18.3 Å². The summed E-state index contributed by atoms with van der Waals surface area (Å²) in [6.45, 7) is 0. The molecule has 0 radical (unpaired) electrons. The highest BCUT2D eigenvalue weighted by Crippen LogP contribution is 2.41. The number of rotatable bonds is 2. The van der Waals surface area contributed by atoms with Crippen molar-refractivity contribution in [3.8, 4) is 0 Å². The maximum Gasteiger partial charge on any atom is 0.123 e. The second-order valence-corrected chi connectivity index (χ2v) is 8.10. The molecular formula is C23H20ClFN2. The van der Waals surface area contributed by atoms with Gasteiger partial charge in [-0.05, 0) is 85.0 Å². The first-order valence-corrected chi connectivity index (χ1v) is 9.95. The van der Waals surface area contributed by atoms with Crippen molar-refractivity contribution in [2.75, 3.05) is 0 Å². The van der Waals surface area contributed by atoms with Gasteiger partial charge in [-0.1, -0.05) is 17.7 Å². The van der Waals surface area contributed by atoms with Gasteiger partial charge in [-0.25, -0.2) is 4.39 Å². The molecule has 5 rings (SSSR count). The minimum absolute atomic E-state index is 0.192. The molecule has 0 bridgehead atoms. The van der Waals surface area contributed by atoms with Crippen LogP contribution < -0.4 is 0 Å². The van der Waals surface area contributed by atoms with Crippen molar-refractivity contribution in [3.63, 3.8) is 0 Å². The zero-order valence-electron chi connectivity index (χ0n) is 15.0. The Balaban J connectivity index is 1.34. The van der Waals surface area contributed by atoms with Crippen LogP contribution in [-0.4, -0.2) is 10.7 Å². The lowest BCUT2D eigenvalue weighted by Crippen LogP contribution is -2.21. The maximum atomic E-state index is 13.8. The molecule has 1 aliphatic heterocycles. The van der Waals surface area contributed by atoms with E-state index in [4.69, 9.17) is 16.6 Å². The Bertz CT molecular complexity index is 1050. The lowest BCUT2D eigenvalue weighted by atomic mass is 9.76. The van der Waals surface area contributed by atoms with E-state index < -0.39 is 0 Å². The fraction of sp³-hybridized carbons (Fsp3) is 0.304. The zero-order chi connectivity index (χ0) is 18.4. The van der Waals surface area contributed by atoms with E-state index in [0.29, 0.717) is 11.8 Å². The monoisotopic (exact) mass is 378 g/mol. The van der Waals surface area contributed by atoms with Crippen molar-refractivity contribution in [3.05, 3.63) is 70.6 Å². The van der Waals surface area contributed by atoms with Crippen molar-refractivity contribution in [2.24, 2.45) is 10.9 Å². The van der Waals surface area contributed by atoms with E-state index in [-0.39, 0.29) is 5.82 Å². The van der Waals surface area contributed by atoms with Gasteiger partial charge in [0.1, 0.15) is 5.82 Å². The van der Waals surface area contributed by atoms with E-state index >= 15 is 0 Å². The van der Waals surface area contributed by atoms with Crippen molar-refractivity contribution in [1.82, 2.24) is 4.98 Å². The Hall–Kier alpha value is -2.26. The molecule has 27 heavy (non-hydrogen) atoms. The number of aliphatic imine (C=N–C) groups is 1. The van der Waals surface area contributed by atoms with Gasteiger partial charge in [-0.3, -0.25) is 9.98 Å². The Kier molecular flexibility index (Phi) is 4.20. The first-order chi connectivity index (χ1) is 13.2. The van der Waals surface area contributed by atoms with Crippen molar-refractivity contribution in [1.29, 1.82) is 0 Å². The van der Waals surface area contributed by atoms with E-state index in [2.05, 4.69) is 17.1 Å². The highest BCUT2D eigenvalue weighted by atomic mass is 35.5. The lowest BCUT2D eigenvalue weighted by molar-refractivity contribution is 0.392. The van der Waals surface area contributed by atoms with Crippen molar-refractivity contribution in [2.45, 2.75) is 38.0 Å². The van der Waals surface area contributed by atoms with Crippen LogP contribution in [0.15, 0.2) is 53.7 Å². The normalized spacial score (nSPS) is 21.9. The molecule has 0 spiro atoms. The van der Waals surface area contributed by atoms with Gasteiger partial charge in [-0.2, -0.15) is 0 Å². The van der Waals surface area contributed by atoms with Crippen molar-refractivity contribution >= 4 is 33.9 Å². The molecule has 136 valence electrons. The number of halogens is 2. The molecule has 2 nitrogen and oxygen atoms in total. The number of pyridine rings is 1. The Labute approximate surface area is 163 Å². The third-order valence-electron chi connectivity index (χ3n) is 6.06. The van der Waals surface area contributed by atoms with Crippen LogP contribution in [0, 0.1) is 11.7 Å². The van der Waals surface area contributed by atoms with E-state index in [0.717, 1.165) is 53.7 Å². The van der Waals surface area contributed by atoms with Gasteiger partial charge < -0.3 is 0 Å². The van der Waals surface area contributed by atoms with Crippen LogP contribution in [0.2, 0.25) is 5.02 Å². The number of hydrogen-bond donors (Lipinski definition) is 0. The minimum Gasteiger partial charge on any atom is -0.257 e. The molecule has 4 heteroatoms. The number of fused-ring (bicyclic) bond motifs is 2. The molecule has 2 aromatic carbocycles. The largest absolute Gasteiger partial charge is 0.257 e. The molecule has 2 aliphatic rings. The van der Waals surface area contributed by atoms with E-state index in [1.54, 1.807) is 12.1 Å². The Morgan fingerprint density at radius 2 is 1.74 bits per heavy atom. The third-order valence-corrected chi connectivity index (χ3v) is 6.29. The quantitative estimate of drug-likeness (QED) is 0.491. The number of aromatic nitrogens is 1. The fourth-order valence-electron chi connectivity index (χ4n) is 4.65. The smallest absolute Gasteiger partial charge is 0.123 e. The average molecular weight is 379 g/mol. The summed E-state index contributed by atoms with van der Waals surface area (Å²) in [4.78, 5) is 9.26. The van der Waals surface area contributed by atoms with Gasteiger partial charge in [0.05, 0.1) is 11.2 Å². The third kappa shape index (κ3) is 3.14. The first kappa shape index (κ1) is 16.9. The second-order valence-electron chi connectivity index (χ2n) is 7.66. The maximum absolute atomic E-state index is 13.8. The fourth-order valence-corrected chi connectivity index (χ4v) is 4.82. The summed E-state index contributed by atoms with van der Waals surface area (Å²) in [5, 5.41) is 1.71. The van der Waals surface area contributed by atoms with Crippen LogP contribution >= 0.6 is 11.6 Å². The van der Waals surface area contributed by atoms with Gasteiger partial charge in [0, 0.05) is 28.7 Å². The molecule has 1 fully saturated rings. The average Bonchev–Trinajstić information content (AvgIpc) is 3.11. The van der Waals surface area contributed by atoms with Crippen LogP contribution in [0.5, 0.6) is 0 Å². The van der Waals surface area contributed by atoms with Crippen LogP contribution in [-0.2, 0) is 6.42 Å². The molecule has 1 aliphatic carbocycles. The predicted octanol–water partition coefficient (Wildman–Crippen LogP) is 6.63. The highest BCUT2D eigenvalue weighted by molar-refractivity contribution is 6.31. The van der Waals surface area contributed by atoms with Crippen LogP contribution in [0.3, 0.4) is 0 Å². The summed E-state index contributed by atoms with van der Waals surface area (Å²) in [7, 11) is 0. The molecule has 2 heterocycles. The Morgan fingerprint density at radius 3 is 2.59 bits per heavy atom. The van der Waals surface area contributed by atoms with E-state index in [9.17, 15) is 4.39 Å². The van der Waals surface area contributed by atoms with Gasteiger partial charge in [0.2, 0.25) is 0 Å². The zero-order valence-corrected chi connectivity index (χ0v) is 15.7. The molecule has 1 saturated carbocycles. The molecule has 0 amide bonds. The van der Waals surface area contributed by atoms with Gasteiger partial charge in [0.25, 0.3) is 0 Å². The molecule has 0 unspecified atom stereocenters. The Morgan fingerprint density at radius 1 is 0.926 bits per heavy atom. The van der Waals surface area contributed by atoms with Crippen LogP contribution in [0.25, 0.3) is 10.9 Å². The van der Waals surface area contributed by atoms with Crippen LogP contribution in [0.1, 0.15) is 42.7 Å². The van der Waals surface area contributed by atoms with Gasteiger partial charge in [-0.15, -0.1) is 0 Å². The summed E-state index contributed by atoms with van der Waals surface area (Å²) in [6, 6.07) is 13.0. The molecule has 0 saturated heterocycles. The molecule has 1 aromatic heterocycles.